The van der Waals surface area contributed by atoms with Crippen molar-refractivity contribution in [1.29, 1.82) is 0 Å². The van der Waals surface area contributed by atoms with Crippen LogP contribution in [0.25, 0.3) is 11.4 Å². The average Bonchev–Trinajstić information content (AvgIpc) is 3.18. The Labute approximate surface area is 161 Å². The minimum Gasteiger partial charge on any atom is -0.325 e. The molecule has 3 rings (SSSR count). The highest BCUT2D eigenvalue weighted by Gasteiger charge is 2.14. The van der Waals surface area contributed by atoms with Gasteiger partial charge in [0, 0.05) is 28.6 Å². The van der Waals surface area contributed by atoms with Gasteiger partial charge < -0.3 is 9.88 Å². The molecule has 3 aromatic rings. The Morgan fingerprint density at radius 1 is 1.19 bits per heavy atom. The second-order valence-electron chi connectivity index (χ2n) is 6.23. The normalized spacial score (nSPS) is 10.9. The number of benzene rings is 1. The van der Waals surface area contributed by atoms with Crippen molar-refractivity contribution in [3.8, 4) is 11.4 Å². The molecule has 1 N–H and O–H groups in total. The molecule has 1 amide bonds. The summed E-state index contributed by atoms with van der Waals surface area (Å²) in [5.74, 6) is 1.08. The first-order valence-corrected chi connectivity index (χ1v) is 10.3. The van der Waals surface area contributed by atoms with Gasteiger partial charge >= 0.3 is 0 Å². The third-order valence-electron chi connectivity index (χ3n) is 3.93. The van der Waals surface area contributed by atoms with Crippen molar-refractivity contribution in [2.75, 3.05) is 11.1 Å². The van der Waals surface area contributed by atoms with Crippen molar-refractivity contribution in [3.63, 3.8) is 0 Å². The van der Waals surface area contributed by atoms with E-state index in [4.69, 9.17) is 0 Å². The van der Waals surface area contributed by atoms with Crippen LogP contribution in [0.3, 0.4) is 0 Å². The van der Waals surface area contributed by atoms with Gasteiger partial charge in [-0.15, -0.1) is 21.5 Å². The first kappa shape index (κ1) is 18.7. The summed E-state index contributed by atoms with van der Waals surface area (Å²) in [5, 5.41) is 14.3. The van der Waals surface area contributed by atoms with Gasteiger partial charge in [-0.05, 0) is 49.6 Å². The molecule has 0 bridgehead atoms. The lowest BCUT2D eigenvalue weighted by atomic mass is 10.1. The lowest BCUT2D eigenvalue weighted by molar-refractivity contribution is -0.113. The maximum absolute atomic E-state index is 12.3. The first-order chi connectivity index (χ1) is 12.5. The van der Waals surface area contributed by atoms with E-state index in [1.165, 1.54) is 16.6 Å². The molecule has 0 aliphatic heterocycles. The SMILES string of the molecule is CCc1cc(-c2nnc(SCC(=O)Nc3cc(C)cc(C)c3)n2C)cs1. The summed E-state index contributed by atoms with van der Waals surface area (Å²) in [5.41, 5.74) is 4.17. The van der Waals surface area contributed by atoms with Crippen molar-refractivity contribution in [2.24, 2.45) is 7.05 Å². The van der Waals surface area contributed by atoms with E-state index in [-0.39, 0.29) is 5.91 Å². The largest absolute Gasteiger partial charge is 0.325 e. The van der Waals surface area contributed by atoms with E-state index < -0.39 is 0 Å². The van der Waals surface area contributed by atoms with Gasteiger partial charge in [-0.3, -0.25) is 4.79 Å². The van der Waals surface area contributed by atoms with Crippen molar-refractivity contribution < 1.29 is 4.79 Å². The van der Waals surface area contributed by atoms with Crippen LogP contribution in [-0.2, 0) is 18.3 Å². The molecule has 2 aromatic heterocycles. The monoisotopic (exact) mass is 386 g/mol. The second kappa shape index (κ2) is 8.05. The van der Waals surface area contributed by atoms with Crippen LogP contribution in [0.2, 0.25) is 0 Å². The number of aromatic nitrogens is 3. The lowest BCUT2D eigenvalue weighted by Gasteiger charge is -2.07. The van der Waals surface area contributed by atoms with Crippen molar-refractivity contribution >= 4 is 34.7 Å². The maximum atomic E-state index is 12.3. The van der Waals surface area contributed by atoms with Gasteiger partial charge in [-0.25, -0.2) is 0 Å². The van der Waals surface area contributed by atoms with Crippen molar-refractivity contribution in [3.05, 3.63) is 45.6 Å². The van der Waals surface area contributed by atoms with E-state index in [1.807, 2.05) is 37.6 Å². The number of anilines is 1. The van der Waals surface area contributed by atoms with Crippen molar-refractivity contribution in [1.82, 2.24) is 14.8 Å². The Morgan fingerprint density at radius 3 is 2.58 bits per heavy atom. The number of nitrogens with one attached hydrogen (secondary N) is 1. The molecule has 0 saturated heterocycles. The van der Waals surface area contributed by atoms with E-state index >= 15 is 0 Å². The van der Waals surface area contributed by atoms with Crippen LogP contribution in [-0.4, -0.2) is 26.4 Å². The highest BCUT2D eigenvalue weighted by molar-refractivity contribution is 7.99. The van der Waals surface area contributed by atoms with E-state index in [0.29, 0.717) is 5.75 Å². The van der Waals surface area contributed by atoms with Crippen LogP contribution in [0, 0.1) is 13.8 Å². The van der Waals surface area contributed by atoms with Crippen LogP contribution in [0.1, 0.15) is 22.9 Å². The molecular formula is C19H22N4OS2. The number of rotatable bonds is 6. The molecule has 0 aliphatic carbocycles. The van der Waals surface area contributed by atoms with Crippen molar-refractivity contribution in [2.45, 2.75) is 32.3 Å². The number of carbonyl (C=O) groups is 1. The van der Waals surface area contributed by atoms with E-state index in [0.717, 1.165) is 39.8 Å². The van der Waals surface area contributed by atoms with Crippen LogP contribution < -0.4 is 5.32 Å². The number of carbonyl (C=O) groups excluding carboxylic acids is 1. The third kappa shape index (κ3) is 4.34. The van der Waals surface area contributed by atoms with Gasteiger partial charge in [0.25, 0.3) is 0 Å². The molecule has 0 spiro atoms. The van der Waals surface area contributed by atoms with Gasteiger partial charge in [-0.2, -0.15) is 0 Å². The zero-order valence-corrected chi connectivity index (χ0v) is 17.0. The van der Waals surface area contributed by atoms with Crippen LogP contribution in [0.15, 0.2) is 34.8 Å². The predicted octanol–water partition coefficient (Wildman–Crippen LogP) is 4.45. The smallest absolute Gasteiger partial charge is 0.234 e. The number of thioether (sulfide) groups is 1. The summed E-state index contributed by atoms with van der Waals surface area (Å²) in [6, 6.07) is 8.17. The van der Waals surface area contributed by atoms with E-state index in [2.05, 4.69) is 40.0 Å². The molecule has 0 atom stereocenters. The molecule has 1 aromatic carbocycles. The summed E-state index contributed by atoms with van der Waals surface area (Å²) in [4.78, 5) is 13.6. The molecule has 0 saturated carbocycles. The van der Waals surface area contributed by atoms with Gasteiger partial charge in [0.1, 0.15) is 0 Å². The quantitative estimate of drug-likeness (QED) is 0.636. The van der Waals surface area contributed by atoms with Crippen LogP contribution in [0.4, 0.5) is 5.69 Å². The molecule has 7 heteroatoms. The first-order valence-electron chi connectivity index (χ1n) is 8.44. The zero-order valence-electron chi connectivity index (χ0n) is 15.4. The Bertz CT molecular complexity index is 909. The third-order valence-corrected chi connectivity index (χ3v) is 6.03. The summed E-state index contributed by atoms with van der Waals surface area (Å²) in [6.45, 7) is 6.18. The molecule has 2 heterocycles. The predicted molar refractivity (Wildman–Crippen MR) is 109 cm³/mol. The summed E-state index contributed by atoms with van der Waals surface area (Å²) in [7, 11) is 1.93. The van der Waals surface area contributed by atoms with Gasteiger partial charge in [0.2, 0.25) is 5.91 Å². The van der Waals surface area contributed by atoms with Gasteiger partial charge in [0.15, 0.2) is 11.0 Å². The minimum absolute atomic E-state index is 0.0478. The minimum atomic E-state index is -0.0478. The fraction of sp³-hybridized carbons (Fsp3) is 0.316. The number of amides is 1. The van der Waals surface area contributed by atoms with Crippen LogP contribution >= 0.6 is 23.1 Å². The Morgan fingerprint density at radius 2 is 1.92 bits per heavy atom. The summed E-state index contributed by atoms with van der Waals surface area (Å²) < 4.78 is 1.94. The molecule has 0 radical (unpaired) electrons. The molecule has 136 valence electrons. The fourth-order valence-corrected chi connectivity index (χ4v) is 4.27. The fourth-order valence-electron chi connectivity index (χ4n) is 2.75. The number of hydrogen-bond acceptors (Lipinski definition) is 5. The zero-order chi connectivity index (χ0) is 18.7. The lowest BCUT2D eigenvalue weighted by Crippen LogP contribution is -2.14. The summed E-state index contributed by atoms with van der Waals surface area (Å²) in [6.07, 6.45) is 1.02. The molecular weight excluding hydrogens is 364 g/mol. The van der Waals surface area contributed by atoms with E-state index in [9.17, 15) is 4.79 Å². The second-order valence-corrected chi connectivity index (χ2v) is 8.17. The molecule has 0 unspecified atom stereocenters. The Balaban J connectivity index is 1.63. The molecule has 0 aliphatic rings. The topological polar surface area (TPSA) is 59.8 Å². The molecule has 26 heavy (non-hydrogen) atoms. The maximum Gasteiger partial charge on any atom is 0.234 e. The van der Waals surface area contributed by atoms with Gasteiger partial charge in [0.05, 0.1) is 5.75 Å². The number of aryl methyl sites for hydroxylation is 3. The standard InChI is InChI=1S/C19H22N4OS2/c1-5-16-9-14(10-25-16)18-21-22-19(23(18)4)26-11-17(24)20-15-7-12(2)6-13(3)8-15/h6-10H,5,11H2,1-4H3,(H,20,24). The van der Waals surface area contributed by atoms with Gasteiger partial charge in [-0.1, -0.05) is 24.8 Å². The molecule has 0 fully saturated rings. The Hall–Kier alpha value is -2.12. The highest BCUT2D eigenvalue weighted by Crippen LogP contribution is 2.27. The highest BCUT2D eigenvalue weighted by atomic mass is 32.2. The number of hydrogen-bond donors (Lipinski definition) is 1. The Kier molecular flexibility index (Phi) is 5.78. The number of nitrogens with zero attached hydrogens (tertiary/aromatic N) is 3. The van der Waals surface area contributed by atoms with E-state index in [1.54, 1.807) is 11.3 Å². The summed E-state index contributed by atoms with van der Waals surface area (Å²) >= 11 is 3.12. The van der Waals surface area contributed by atoms with Crippen LogP contribution in [0.5, 0.6) is 0 Å². The molecule has 5 nitrogen and oxygen atoms in total. The number of thiophene rings is 1. The average molecular weight is 387 g/mol.